The van der Waals surface area contributed by atoms with Gasteiger partial charge in [0.15, 0.2) is 18.3 Å². The van der Waals surface area contributed by atoms with E-state index in [4.69, 9.17) is 18.9 Å². The summed E-state index contributed by atoms with van der Waals surface area (Å²) in [4.78, 5) is 45.8. The first kappa shape index (κ1) is 22.8. The summed E-state index contributed by atoms with van der Waals surface area (Å²) in [6.45, 7) is 11.5. The molecular weight excluding hydrogens is 348 g/mol. The molecule has 1 N–H and O–H groups in total. The minimum absolute atomic E-state index is 0.582. The van der Waals surface area contributed by atoms with Crippen LogP contribution in [0.3, 0.4) is 0 Å². The van der Waals surface area contributed by atoms with Gasteiger partial charge in [0, 0.05) is 24.3 Å². The standard InChI is InChI=1S/C17H20O9/c1-5-13(19)23-10-12(25-15(21)7-3)17(26-16(22)8-4)11(9-18)24-14(20)6-2/h5-8,11-12,17-18H,1-4,9-10H2/t11-,12-,17-/m1/s1. The van der Waals surface area contributed by atoms with E-state index in [1.807, 2.05) is 0 Å². The average molecular weight is 368 g/mol. The van der Waals surface area contributed by atoms with Crippen LogP contribution in [0.15, 0.2) is 50.6 Å². The first-order chi connectivity index (χ1) is 12.3. The lowest BCUT2D eigenvalue weighted by atomic mass is 10.1. The lowest BCUT2D eigenvalue weighted by Gasteiger charge is -2.30. The van der Waals surface area contributed by atoms with Crippen LogP contribution in [-0.4, -0.2) is 60.5 Å². The molecule has 9 heteroatoms. The van der Waals surface area contributed by atoms with E-state index in [0.717, 1.165) is 24.3 Å². The highest BCUT2D eigenvalue weighted by atomic mass is 16.6. The Balaban J connectivity index is 5.68. The van der Waals surface area contributed by atoms with Crippen LogP contribution in [0.5, 0.6) is 0 Å². The number of aliphatic hydroxyl groups excluding tert-OH is 1. The van der Waals surface area contributed by atoms with Gasteiger partial charge in [-0.25, -0.2) is 19.2 Å². The van der Waals surface area contributed by atoms with E-state index in [1.54, 1.807) is 0 Å². The zero-order valence-corrected chi connectivity index (χ0v) is 14.0. The van der Waals surface area contributed by atoms with Crippen molar-refractivity contribution in [3.05, 3.63) is 50.6 Å². The smallest absolute Gasteiger partial charge is 0.330 e. The highest BCUT2D eigenvalue weighted by Crippen LogP contribution is 2.15. The molecule has 0 fully saturated rings. The summed E-state index contributed by atoms with van der Waals surface area (Å²) in [7, 11) is 0. The van der Waals surface area contributed by atoms with E-state index in [0.29, 0.717) is 0 Å². The fourth-order valence-corrected chi connectivity index (χ4v) is 1.60. The molecule has 0 aromatic carbocycles. The van der Waals surface area contributed by atoms with Crippen molar-refractivity contribution < 1.29 is 43.2 Å². The van der Waals surface area contributed by atoms with Crippen LogP contribution in [0.2, 0.25) is 0 Å². The maximum Gasteiger partial charge on any atom is 0.330 e. The zero-order chi connectivity index (χ0) is 20.1. The summed E-state index contributed by atoms with van der Waals surface area (Å²) in [5.41, 5.74) is 0. The van der Waals surface area contributed by atoms with Crippen LogP contribution in [0.4, 0.5) is 0 Å². The summed E-state index contributed by atoms with van der Waals surface area (Å²) in [5, 5.41) is 9.48. The van der Waals surface area contributed by atoms with Gasteiger partial charge in [0.25, 0.3) is 0 Å². The molecule has 3 atom stereocenters. The van der Waals surface area contributed by atoms with Gasteiger partial charge >= 0.3 is 23.9 Å². The molecule has 0 spiro atoms. The molecule has 0 saturated carbocycles. The number of carbonyl (C=O) groups excluding carboxylic acids is 4. The molecule has 9 nitrogen and oxygen atoms in total. The van der Waals surface area contributed by atoms with Crippen molar-refractivity contribution in [2.24, 2.45) is 0 Å². The maximum absolute atomic E-state index is 11.6. The van der Waals surface area contributed by atoms with Gasteiger partial charge in [-0.05, 0) is 0 Å². The number of esters is 4. The Kier molecular flexibility index (Phi) is 10.7. The molecule has 0 heterocycles. The van der Waals surface area contributed by atoms with Gasteiger partial charge in [0.05, 0.1) is 6.61 Å². The van der Waals surface area contributed by atoms with Crippen LogP contribution in [0, 0.1) is 0 Å². The number of carbonyl (C=O) groups is 4. The van der Waals surface area contributed by atoms with Crippen molar-refractivity contribution in [2.75, 3.05) is 13.2 Å². The quantitative estimate of drug-likeness (QED) is 0.288. The number of rotatable bonds is 12. The van der Waals surface area contributed by atoms with Gasteiger partial charge in [-0.2, -0.15) is 0 Å². The van der Waals surface area contributed by atoms with Crippen molar-refractivity contribution in [2.45, 2.75) is 18.3 Å². The van der Waals surface area contributed by atoms with Gasteiger partial charge in [-0.3, -0.25) is 0 Å². The van der Waals surface area contributed by atoms with E-state index < -0.39 is 55.4 Å². The third-order valence-corrected chi connectivity index (χ3v) is 2.76. The Labute approximate surface area is 150 Å². The summed E-state index contributed by atoms with van der Waals surface area (Å²) >= 11 is 0. The molecule has 142 valence electrons. The van der Waals surface area contributed by atoms with Gasteiger partial charge in [-0.1, -0.05) is 26.3 Å². The number of hydrogen-bond acceptors (Lipinski definition) is 9. The van der Waals surface area contributed by atoms with Crippen molar-refractivity contribution >= 4 is 23.9 Å². The van der Waals surface area contributed by atoms with Crippen LogP contribution < -0.4 is 0 Å². The molecule has 26 heavy (non-hydrogen) atoms. The van der Waals surface area contributed by atoms with E-state index in [2.05, 4.69) is 26.3 Å². The van der Waals surface area contributed by atoms with Gasteiger partial charge < -0.3 is 24.1 Å². The first-order valence-corrected chi connectivity index (χ1v) is 7.22. The van der Waals surface area contributed by atoms with Crippen LogP contribution in [0.25, 0.3) is 0 Å². The predicted octanol–water partition coefficient (Wildman–Crippen LogP) is 0.00130. The topological polar surface area (TPSA) is 125 Å². The minimum atomic E-state index is -1.52. The fourth-order valence-electron chi connectivity index (χ4n) is 1.60. The van der Waals surface area contributed by atoms with Crippen molar-refractivity contribution in [3.63, 3.8) is 0 Å². The summed E-state index contributed by atoms with van der Waals surface area (Å²) in [6.07, 6.45) is -1.10. The van der Waals surface area contributed by atoms with Gasteiger partial charge in [0.1, 0.15) is 6.61 Å². The van der Waals surface area contributed by atoms with Crippen LogP contribution >= 0.6 is 0 Å². The molecule has 0 unspecified atom stereocenters. The lowest BCUT2D eigenvalue weighted by Crippen LogP contribution is -2.49. The lowest BCUT2D eigenvalue weighted by molar-refractivity contribution is -0.188. The number of hydrogen-bond donors (Lipinski definition) is 1. The van der Waals surface area contributed by atoms with E-state index in [9.17, 15) is 24.3 Å². The largest absolute Gasteiger partial charge is 0.458 e. The highest BCUT2D eigenvalue weighted by molar-refractivity contribution is 5.83. The molecule has 0 aromatic heterocycles. The molecule has 0 aliphatic carbocycles. The molecule has 0 aliphatic heterocycles. The van der Waals surface area contributed by atoms with Crippen LogP contribution in [-0.2, 0) is 38.1 Å². The Bertz CT molecular complexity index is 579. The number of ether oxygens (including phenoxy) is 4. The average Bonchev–Trinajstić information content (AvgIpc) is 2.66. The Morgan fingerprint density at radius 1 is 0.731 bits per heavy atom. The first-order valence-electron chi connectivity index (χ1n) is 7.22. The van der Waals surface area contributed by atoms with Gasteiger partial charge in [-0.15, -0.1) is 0 Å². The third kappa shape index (κ3) is 8.06. The normalized spacial score (nSPS) is 13.1. The second-order valence-electron chi connectivity index (χ2n) is 4.48. The number of aliphatic hydroxyl groups is 1. The van der Waals surface area contributed by atoms with E-state index >= 15 is 0 Å². The Morgan fingerprint density at radius 2 is 1.15 bits per heavy atom. The molecule has 0 amide bonds. The predicted molar refractivity (Wildman–Crippen MR) is 88.5 cm³/mol. The molecule has 0 aliphatic rings. The SMILES string of the molecule is C=CC(=O)OC[C@@H](OC(=O)C=C)[C@H](OC(=O)C=C)[C@@H](CO)OC(=O)C=C. The molecule has 0 radical (unpaired) electrons. The third-order valence-electron chi connectivity index (χ3n) is 2.76. The molecule has 0 rings (SSSR count). The summed E-state index contributed by atoms with van der Waals surface area (Å²) in [5.74, 6) is -3.67. The fraction of sp³-hybridized carbons (Fsp3) is 0.294. The van der Waals surface area contributed by atoms with Crippen molar-refractivity contribution in [3.8, 4) is 0 Å². The monoisotopic (exact) mass is 368 g/mol. The Morgan fingerprint density at radius 3 is 1.58 bits per heavy atom. The highest BCUT2D eigenvalue weighted by Gasteiger charge is 2.38. The molecule has 0 saturated heterocycles. The Hall–Kier alpha value is -3.20. The van der Waals surface area contributed by atoms with E-state index in [1.165, 1.54) is 0 Å². The van der Waals surface area contributed by atoms with Crippen LogP contribution in [0.1, 0.15) is 0 Å². The maximum atomic E-state index is 11.6. The molecule has 0 aromatic rings. The zero-order valence-electron chi connectivity index (χ0n) is 14.0. The summed E-state index contributed by atoms with van der Waals surface area (Å²) < 4.78 is 19.7. The second-order valence-corrected chi connectivity index (χ2v) is 4.48. The van der Waals surface area contributed by atoms with Crippen molar-refractivity contribution in [1.29, 1.82) is 0 Å². The van der Waals surface area contributed by atoms with Crippen molar-refractivity contribution in [1.82, 2.24) is 0 Å². The summed E-state index contributed by atoms with van der Waals surface area (Å²) in [6, 6.07) is 0. The van der Waals surface area contributed by atoms with E-state index in [-0.39, 0.29) is 0 Å². The minimum Gasteiger partial charge on any atom is -0.458 e. The van der Waals surface area contributed by atoms with Gasteiger partial charge in [0.2, 0.25) is 0 Å². The second kappa shape index (κ2) is 12.2. The molecule has 0 bridgehead atoms. The molecular formula is C17H20O9.